The number of nitrogens with one attached hydrogen (secondary N) is 2. The van der Waals surface area contributed by atoms with Crippen LogP contribution in [-0.4, -0.2) is 16.2 Å². The molecule has 1 aliphatic rings. The van der Waals surface area contributed by atoms with Crippen LogP contribution in [0, 0.1) is 5.82 Å². The molecule has 0 fully saturated rings. The lowest BCUT2D eigenvalue weighted by molar-refractivity contribution is 0.411. The van der Waals surface area contributed by atoms with Crippen molar-refractivity contribution in [3.63, 3.8) is 0 Å². The minimum atomic E-state index is -0.174. The molecule has 2 aromatic rings. The van der Waals surface area contributed by atoms with Gasteiger partial charge < -0.3 is 5.32 Å². The van der Waals surface area contributed by atoms with Gasteiger partial charge in [0.15, 0.2) is 0 Å². The first-order chi connectivity index (χ1) is 9.22. The first-order valence-corrected chi connectivity index (χ1v) is 6.75. The van der Waals surface area contributed by atoms with Gasteiger partial charge in [-0.3, -0.25) is 5.10 Å². The van der Waals surface area contributed by atoms with Gasteiger partial charge in [-0.2, -0.15) is 5.10 Å². The number of fused-ring (bicyclic) bond motifs is 1. The molecule has 0 saturated heterocycles. The summed E-state index contributed by atoms with van der Waals surface area (Å²) in [6, 6.07) is 7.40. The Hall–Kier alpha value is -1.68. The highest BCUT2D eigenvalue weighted by atomic mass is 19.1. The van der Waals surface area contributed by atoms with Crippen LogP contribution in [0.15, 0.2) is 30.5 Å². The van der Waals surface area contributed by atoms with Crippen molar-refractivity contribution < 1.29 is 4.39 Å². The van der Waals surface area contributed by atoms with Gasteiger partial charge in [-0.15, -0.1) is 0 Å². The number of aromatic nitrogens is 2. The van der Waals surface area contributed by atoms with Crippen molar-refractivity contribution >= 4 is 0 Å². The van der Waals surface area contributed by atoms with Crippen molar-refractivity contribution in [2.75, 3.05) is 0 Å². The third kappa shape index (κ3) is 2.68. The molecule has 100 valence electrons. The zero-order valence-electron chi connectivity index (χ0n) is 11.0. The first kappa shape index (κ1) is 12.4. The topological polar surface area (TPSA) is 40.7 Å². The largest absolute Gasteiger partial charge is 0.307 e. The molecule has 1 aromatic carbocycles. The summed E-state index contributed by atoms with van der Waals surface area (Å²) in [5.41, 5.74) is 3.56. The van der Waals surface area contributed by atoms with E-state index in [1.54, 1.807) is 12.1 Å². The quantitative estimate of drug-likeness (QED) is 0.890. The lowest BCUT2D eigenvalue weighted by Crippen LogP contribution is -2.36. The third-order valence-electron chi connectivity index (χ3n) is 3.85. The molecular weight excluding hydrogens is 241 g/mol. The number of hydrogen-bond acceptors (Lipinski definition) is 2. The maximum absolute atomic E-state index is 13.2. The second-order valence-corrected chi connectivity index (χ2v) is 5.26. The van der Waals surface area contributed by atoms with E-state index in [2.05, 4.69) is 22.4 Å². The van der Waals surface area contributed by atoms with Crippen molar-refractivity contribution in [1.82, 2.24) is 15.5 Å². The highest BCUT2D eigenvalue weighted by Crippen LogP contribution is 2.22. The molecule has 3 rings (SSSR count). The van der Waals surface area contributed by atoms with Crippen LogP contribution >= 0.6 is 0 Å². The fourth-order valence-electron chi connectivity index (χ4n) is 2.78. The van der Waals surface area contributed by atoms with Gasteiger partial charge in [0.1, 0.15) is 5.82 Å². The van der Waals surface area contributed by atoms with Crippen molar-refractivity contribution in [2.24, 2.45) is 0 Å². The van der Waals surface area contributed by atoms with Crippen molar-refractivity contribution in [3.05, 3.63) is 53.1 Å². The Balaban J connectivity index is 1.66. The predicted octanol–water partition coefficient (Wildman–Crippen LogP) is 2.76. The Morgan fingerprint density at radius 2 is 2.37 bits per heavy atom. The average molecular weight is 259 g/mol. The molecule has 2 atom stereocenters. The highest BCUT2D eigenvalue weighted by molar-refractivity contribution is 5.23. The summed E-state index contributed by atoms with van der Waals surface area (Å²) in [5, 5.41) is 10.7. The summed E-state index contributed by atoms with van der Waals surface area (Å²) >= 11 is 0. The number of aryl methyl sites for hydroxylation is 1. The van der Waals surface area contributed by atoms with Gasteiger partial charge in [0.25, 0.3) is 0 Å². The van der Waals surface area contributed by atoms with E-state index < -0.39 is 0 Å². The molecule has 0 unspecified atom stereocenters. The molecule has 0 saturated carbocycles. The van der Waals surface area contributed by atoms with Crippen LogP contribution in [0.1, 0.15) is 36.2 Å². The minimum Gasteiger partial charge on any atom is -0.307 e. The minimum absolute atomic E-state index is 0.161. The maximum Gasteiger partial charge on any atom is 0.123 e. The van der Waals surface area contributed by atoms with Gasteiger partial charge in [0, 0.05) is 17.8 Å². The molecule has 0 spiro atoms. The van der Waals surface area contributed by atoms with Crippen LogP contribution in [0.4, 0.5) is 4.39 Å². The van der Waals surface area contributed by atoms with Gasteiger partial charge in [-0.1, -0.05) is 12.1 Å². The SMILES string of the molecule is C[C@H](N[C@@H]1CCc2[nH]ncc2C1)c1cccc(F)c1. The standard InChI is InChI=1S/C15H18FN3/c1-10(11-3-2-4-13(16)7-11)18-14-5-6-15-12(8-14)9-17-19-15/h2-4,7,9-10,14,18H,5-6,8H2,1H3,(H,17,19)/t10-,14+/m0/s1. The van der Waals surface area contributed by atoms with Crippen LogP contribution in [0.25, 0.3) is 0 Å². The zero-order valence-corrected chi connectivity index (χ0v) is 11.0. The summed E-state index contributed by atoms with van der Waals surface area (Å²) in [7, 11) is 0. The molecule has 1 heterocycles. The molecule has 2 N–H and O–H groups in total. The first-order valence-electron chi connectivity index (χ1n) is 6.75. The molecule has 0 radical (unpaired) electrons. The molecule has 0 bridgehead atoms. The zero-order chi connectivity index (χ0) is 13.2. The van der Waals surface area contributed by atoms with E-state index >= 15 is 0 Å². The van der Waals surface area contributed by atoms with Crippen LogP contribution in [-0.2, 0) is 12.8 Å². The number of nitrogens with zero attached hydrogens (tertiary/aromatic N) is 1. The monoisotopic (exact) mass is 259 g/mol. The summed E-state index contributed by atoms with van der Waals surface area (Å²) in [6.07, 6.45) is 5.03. The Morgan fingerprint density at radius 3 is 3.21 bits per heavy atom. The second-order valence-electron chi connectivity index (χ2n) is 5.26. The Labute approximate surface area is 112 Å². The van der Waals surface area contributed by atoms with Crippen molar-refractivity contribution in [2.45, 2.75) is 38.3 Å². The molecule has 19 heavy (non-hydrogen) atoms. The second kappa shape index (κ2) is 5.13. The third-order valence-corrected chi connectivity index (χ3v) is 3.85. The Morgan fingerprint density at radius 1 is 1.47 bits per heavy atom. The molecule has 0 amide bonds. The number of hydrogen-bond donors (Lipinski definition) is 2. The van der Waals surface area contributed by atoms with Gasteiger partial charge in [-0.25, -0.2) is 4.39 Å². The predicted molar refractivity (Wildman–Crippen MR) is 72.4 cm³/mol. The van der Waals surface area contributed by atoms with Crippen LogP contribution in [0.5, 0.6) is 0 Å². The molecular formula is C15H18FN3. The van der Waals surface area contributed by atoms with Gasteiger partial charge in [-0.05, 0) is 49.4 Å². The van der Waals surface area contributed by atoms with E-state index in [1.807, 2.05) is 12.3 Å². The van der Waals surface area contributed by atoms with E-state index in [0.717, 1.165) is 24.8 Å². The smallest absolute Gasteiger partial charge is 0.123 e. The molecule has 3 nitrogen and oxygen atoms in total. The van der Waals surface area contributed by atoms with Gasteiger partial charge in [0.2, 0.25) is 0 Å². The van der Waals surface area contributed by atoms with Gasteiger partial charge >= 0.3 is 0 Å². The van der Waals surface area contributed by atoms with E-state index in [-0.39, 0.29) is 11.9 Å². The van der Waals surface area contributed by atoms with Crippen molar-refractivity contribution in [3.8, 4) is 0 Å². The number of H-pyrrole nitrogens is 1. The molecule has 0 aliphatic heterocycles. The van der Waals surface area contributed by atoms with E-state index in [0.29, 0.717) is 6.04 Å². The normalized spacial score (nSPS) is 20.0. The van der Waals surface area contributed by atoms with E-state index in [9.17, 15) is 4.39 Å². The highest BCUT2D eigenvalue weighted by Gasteiger charge is 2.21. The summed E-state index contributed by atoms with van der Waals surface area (Å²) in [6.45, 7) is 2.08. The van der Waals surface area contributed by atoms with Crippen molar-refractivity contribution in [1.29, 1.82) is 0 Å². The molecule has 4 heteroatoms. The number of rotatable bonds is 3. The number of halogens is 1. The fraction of sp³-hybridized carbons (Fsp3) is 0.400. The van der Waals surface area contributed by atoms with Crippen LogP contribution in [0.3, 0.4) is 0 Å². The lowest BCUT2D eigenvalue weighted by atomic mass is 9.92. The Kier molecular flexibility index (Phi) is 3.34. The lowest BCUT2D eigenvalue weighted by Gasteiger charge is -2.26. The molecule has 1 aromatic heterocycles. The maximum atomic E-state index is 13.2. The fourth-order valence-corrected chi connectivity index (χ4v) is 2.78. The van der Waals surface area contributed by atoms with Crippen LogP contribution in [0.2, 0.25) is 0 Å². The van der Waals surface area contributed by atoms with E-state index in [4.69, 9.17) is 0 Å². The summed E-state index contributed by atoms with van der Waals surface area (Å²) in [5.74, 6) is -0.174. The van der Waals surface area contributed by atoms with Gasteiger partial charge in [0.05, 0.1) is 6.20 Å². The van der Waals surface area contributed by atoms with E-state index in [1.165, 1.54) is 17.3 Å². The summed E-state index contributed by atoms with van der Waals surface area (Å²) < 4.78 is 13.2. The summed E-state index contributed by atoms with van der Waals surface area (Å²) in [4.78, 5) is 0. The average Bonchev–Trinajstić information content (AvgIpc) is 2.86. The number of aromatic amines is 1. The Bertz CT molecular complexity index is 564. The number of benzene rings is 1. The van der Waals surface area contributed by atoms with Crippen LogP contribution < -0.4 is 5.32 Å². The molecule has 1 aliphatic carbocycles.